The number of hydrogen-bond donors (Lipinski definition) is 2. The summed E-state index contributed by atoms with van der Waals surface area (Å²) in [6.45, 7) is 0.925. The summed E-state index contributed by atoms with van der Waals surface area (Å²) < 4.78 is 10.7. The highest BCUT2D eigenvalue weighted by Crippen LogP contribution is 2.32. The highest BCUT2D eigenvalue weighted by molar-refractivity contribution is 7.99. The van der Waals surface area contributed by atoms with E-state index in [-0.39, 0.29) is 17.7 Å². The number of amides is 1. The number of halogens is 1. The minimum absolute atomic E-state index is 0.0115. The largest absolute Gasteiger partial charge is 0.493 e. The van der Waals surface area contributed by atoms with Crippen LogP contribution in [0.5, 0.6) is 11.5 Å². The van der Waals surface area contributed by atoms with Gasteiger partial charge in [-0.3, -0.25) is 4.79 Å². The van der Waals surface area contributed by atoms with Crippen LogP contribution in [0.3, 0.4) is 0 Å². The van der Waals surface area contributed by atoms with E-state index in [2.05, 4.69) is 32.7 Å². The Morgan fingerprint density at radius 2 is 1.73 bits per heavy atom. The fourth-order valence-corrected chi connectivity index (χ4v) is 5.27. The summed E-state index contributed by atoms with van der Waals surface area (Å²) in [5, 5.41) is 8.19. The van der Waals surface area contributed by atoms with Gasteiger partial charge in [-0.1, -0.05) is 41.6 Å². The predicted octanol–water partition coefficient (Wildman–Crippen LogP) is 5.17. The Kier molecular flexibility index (Phi) is 10.0. The molecule has 3 aromatic rings. The molecule has 2 N–H and O–H groups in total. The van der Waals surface area contributed by atoms with Crippen LogP contribution in [0.1, 0.15) is 31.2 Å². The molecule has 37 heavy (non-hydrogen) atoms. The molecule has 1 aromatic heterocycles. The number of methoxy groups -OCH3 is 2. The molecule has 1 saturated carbocycles. The fraction of sp³-hybridized carbons (Fsp3) is 0.393. The van der Waals surface area contributed by atoms with E-state index in [1.54, 1.807) is 26.6 Å². The third-order valence-electron chi connectivity index (χ3n) is 6.50. The summed E-state index contributed by atoms with van der Waals surface area (Å²) in [5.74, 6) is 1.62. The van der Waals surface area contributed by atoms with Crippen LogP contribution >= 0.6 is 23.4 Å². The number of rotatable bonds is 12. The Bertz CT molecular complexity index is 1160. The van der Waals surface area contributed by atoms with Crippen LogP contribution in [0.25, 0.3) is 11.1 Å². The number of aromatic nitrogens is 2. The van der Waals surface area contributed by atoms with E-state index in [1.807, 2.05) is 30.3 Å². The molecule has 0 spiro atoms. The van der Waals surface area contributed by atoms with Crippen molar-refractivity contribution in [2.24, 2.45) is 0 Å². The summed E-state index contributed by atoms with van der Waals surface area (Å²) in [7, 11) is 3.21. The molecular weight excluding hydrogens is 508 g/mol. The normalized spacial score (nSPS) is 16.9. The Hall–Kier alpha value is -2.81. The van der Waals surface area contributed by atoms with Gasteiger partial charge in [0.15, 0.2) is 16.7 Å². The molecule has 196 valence electrons. The molecule has 2 aromatic carbocycles. The average molecular weight is 541 g/mol. The maximum atomic E-state index is 12.6. The number of thioether (sulfide) groups is 1. The van der Waals surface area contributed by atoms with Crippen molar-refractivity contribution in [1.82, 2.24) is 20.6 Å². The van der Waals surface area contributed by atoms with Gasteiger partial charge in [-0.15, -0.1) is 0 Å². The first-order valence-corrected chi connectivity index (χ1v) is 13.9. The number of aryl methyl sites for hydroxylation is 1. The van der Waals surface area contributed by atoms with Crippen molar-refractivity contribution >= 4 is 29.3 Å². The molecule has 1 amide bonds. The molecule has 9 heteroatoms. The Labute approximate surface area is 227 Å². The first-order valence-electron chi connectivity index (χ1n) is 12.5. The number of hydrogen-bond acceptors (Lipinski definition) is 7. The Balaban J connectivity index is 1.20. The van der Waals surface area contributed by atoms with Gasteiger partial charge in [-0.25, -0.2) is 9.97 Å². The molecule has 7 nitrogen and oxygen atoms in total. The zero-order valence-corrected chi connectivity index (χ0v) is 22.8. The first-order chi connectivity index (χ1) is 18.1. The van der Waals surface area contributed by atoms with E-state index in [0.717, 1.165) is 54.8 Å². The molecule has 0 bridgehead atoms. The summed E-state index contributed by atoms with van der Waals surface area (Å²) in [4.78, 5) is 21.5. The molecular formula is C28H33ClN4O3S. The van der Waals surface area contributed by atoms with Gasteiger partial charge in [0.2, 0.25) is 5.91 Å². The molecule has 0 saturated heterocycles. The maximum absolute atomic E-state index is 12.6. The number of ether oxygens (including phenoxy) is 2. The van der Waals surface area contributed by atoms with Crippen LogP contribution in [-0.2, 0) is 11.2 Å². The highest BCUT2D eigenvalue weighted by Gasteiger charge is 2.28. The third-order valence-corrected chi connectivity index (χ3v) is 7.63. The first kappa shape index (κ1) is 27.2. The number of carbonyl (C=O) groups excluding carboxylic acids is 1. The van der Waals surface area contributed by atoms with Crippen LogP contribution in [-0.4, -0.2) is 54.5 Å². The monoisotopic (exact) mass is 540 g/mol. The molecule has 1 aliphatic carbocycles. The summed E-state index contributed by atoms with van der Waals surface area (Å²) in [6, 6.07) is 14.2. The smallest absolute Gasteiger partial charge is 0.230 e. The quantitative estimate of drug-likeness (QED) is 0.186. The van der Waals surface area contributed by atoms with Crippen molar-refractivity contribution in [3.8, 4) is 22.6 Å². The number of nitrogens with one attached hydrogen (secondary N) is 2. The van der Waals surface area contributed by atoms with Crippen molar-refractivity contribution < 1.29 is 14.3 Å². The lowest BCUT2D eigenvalue weighted by Gasteiger charge is -2.22. The molecule has 1 heterocycles. The lowest BCUT2D eigenvalue weighted by Crippen LogP contribution is -2.47. The van der Waals surface area contributed by atoms with Gasteiger partial charge in [0, 0.05) is 35.1 Å². The van der Waals surface area contributed by atoms with Crippen LogP contribution in [0.4, 0.5) is 0 Å². The second-order valence-corrected chi connectivity index (χ2v) is 10.4. The Morgan fingerprint density at radius 3 is 2.46 bits per heavy atom. The average Bonchev–Trinajstić information content (AvgIpc) is 3.37. The zero-order chi connectivity index (χ0) is 26.0. The zero-order valence-electron chi connectivity index (χ0n) is 21.2. The minimum atomic E-state index is 0.0115. The number of nitrogens with zero attached hydrogens (tertiary/aromatic N) is 2. The van der Waals surface area contributed by atoms with Crippen molar-refractivity contribution in [3.05, 3.63) is 65.4 Å². The van der Waals surface area contributed by atoms with Crippen LogP contribution in [0.15, 0.2) is 60.0 Å². The molecule has 0 radical (unpaired) electrons. The van der Waals surface area contributed by atoms with Gasteiger partial charge in [0.25, 0.3) is 0 Å². The molecule has 2 unspecified atom stereocenters. The van der Waals surface area contributed by atoms with E-state index in [1.165, 1.54) is 17.3 Å². The van der Waals surface area contributed by atoms with Crippen molar-refractivity contribution in [1.29, 1.82) is 0 Å². The second kappa shape index (κ2) is 13.7. The van der Waals surface area contributed by atoms with E-state index < -0.39 is 0 Å². The Morgan fingerprint density at radius 1 is 1.00 bits per heavy atom. The van der Waals surface area contributed by atoms with Crippen LogP contribution < -0.4 is 20.1 Å². The molecule has 0 aliphatic heterocycles. The van der Waals surface area contributed by atoms with Gasteiger partial charge in [0.1, 0.15) is 0 Å². The van der Waals surface area contributed by atoms with Gasteiger partial charge >= 0.3 is 0 Å². The highest BCUT2D eigenvalue weighted by atomic mass is 35.5. The maximum Gasteiger partial charge on any atom is 0.230 e. The molecule has 4 rings (SSSR count). The summed E-state index contributed by atoms with van der Waals surface area (Å²) in [6.07, 6.45) is 8.78. The van der Waals surface area contributed by atoms with E-state index >= 15 is 0 Å². The second-order valence-electron chi connectivity index (χ2n) is 9.01. The van der Waals surface area contributed by atoms with Gasteiger partial charge in [-0.2, -0.15) is 0 Å². The number of benzene rings is 2. The standard InChI is InChI=1S/C28H33ClN4O3S/c1-35-25-13-10-20(15-26(25)36-2)21-16-31-28(32-17-21)37-18-27(34)33-24-7-3-6-23(24)30-14-4-5-19-8-11-22(29)12-9-19/h8-13,15-17,23-24,30H,3-7,14,18H2,1-2H3,(H,33,34). The van der Waals surface area contributed by atoms with Gasteiger partial charge in [0.05, 0.1) is 20.0 Å². The number of carbonyl (C=O) groups is 1. The lowest BCUT2D eigenvalue weighted by atomic mass is 10.1. The van der Waals surface area contributed by atoms with E-state index in [4.69, 9.17) is 21.1 Å². The summed E-state index contributed by atoms with van der Waals surface area (Å²) >= 11 is 7.30. The third kappa shape index (κ3) is 7.84. The topological polar surface area (TPSA) is 85.4 Å². The lowest BCUT2D eigenvalue weighted by molar-refractivity contribution is -0.119. The van der Waals surface area contributed by atoms with E-state index in [9.17, 15) is 4.79 Å². The molecule has 1 fully saturated rings. The van der Waals surface area contributed by atoms with Crippen molar-refractivity contribution in [2.75, 3.05) is 26.5 Å². The summed E-state index contributed by atoms with van der Waals surface area (Å²) in [5.41, 5.74) is 3.09. The van der Waals surface area contributed by atoms with Crippen molar-refractivity contribution in [2.45, 2.75) is 49.3 Å². The predicted molar refractivity (Wildman–Crippen MR) is 149 cm³/mol. The van der Waals surface area contributed by atoms with Gasteiger partial charge < -0.3 is 20.1 Å². The fourth-order valence-electron chi connectivity index (χ4n) is 4.54. The SMILES string of the molecule is COc1ccc(-c2cnc(SCC(=O)NC3CCCC3NCCCc3ccc(Cl)cc3)nc2)cc1OC. The van der Waals surface area contributed by atoms with Gasteiger partial charge in [-0.05, 0) is 74.0 Å². The van der Waals surface area contributed by atoms with Crippen molar-refractivity contribution in [3.63, 3.8) is 0 Å². The molecule has 1 aliphatic rings. The van der Waals surface area contributed by atoms with E-state index in [0.29, 0.717) is 22.7 Å². The molecule has 2 atom stereocenters. The van der Waals surface area contributed by atoms with Crippen LogP contribution in [0.2, 0.25) is 5.02 Å². The van der Waals surface area contributed by atoms with Crippen LogP contribution in [0, 0.1) is 0 Å². The minimum Gasteiger partial charge on any atom is -0.493 e.